The van der Waals surface area contributed by atoms with E-state index in [-0.39, 0.29) is 0 Å². The highest BCUT2D eigenvalue weighted by molar-refractivity contribution is 6.33. The summed E-state index contributed by atoms with van der Waals surface area (Å²) in [6.45, 7) is 0. The van der Waals surface area contributed by atoms with Crippen LogP contribution in [0.3, 0.4) is 0 Å². The molecule has 1 aromatic heterocycles. The summed E-state index contributed by atoms with van der Waals surface area (Å²) in [6.07, 6.45) is -2.52. The van der Waals surface area contributed by atoms with Crippen LogP contribution in [-0.2, 0) is 0 Å². The molecule has 1 aromatic rings. The van der Waals surface area contributed by atoms with Crippen molar-refractivity contribution in [2.24, 2.45) is 0 Å². The predicted molar refractivity (Wildman–Crippen MR) is 42.5 cm³/mol. The quantitative estimate of drug-likeness (QED) is 0.618. The molecule has 5 nitrogen and oxygen atoms in total. The molecule has 0 unspecified atom stereocenters. The lowest BCUT2D eigenvalue weighted by Crippen LogP contribution is -1.99. The van der Waals surface area contributed by atoms with Crippen molar-refractivity contribution in [1.82, 2.24) is 4.98 Å². The maximum absolute atomic E-state index is 12.3. The highest BCUT2D eigenvalue weighted by Crippen LogP contribution is 2.38. The van der Waals surface area contributed by atoms with Gasteiger partial charge in [-0.05, 0) is 9.91 Å². The summed E-state index contributed by atoms with van der Waals surface area (Å²) < 4.78 is 24.6. The van der Waals surface area contributed by atoms with Gasteiger partial charge >= 0.3 is 5.82 Å². The summed E-state index contributed by atoms with van der Waals surface area (Å²) in [5, 5.41) is 18.4. The number of alkyl halides is 2. The molecule has 14 heavy (non-hydrogen) atoms. The van der Waals surface area contributed by atoms with Crippen LogP contribution in [0.4, 0.5) is 14.6 Å². The van der Waals surface area contributed by atoms with Crippen molar-refractivity contribution in [3.05, 3.63) is 26.9 Å². The van der Waals surface area contributed by atoms with E-state index in [1.807, 2.05) is 0 Å². The zero-order valence-electron chi connectivity index (χ0n) is 6.45. The van der Waals surface area contributed by atoms with Crippen LogP contribution in [0.2, 0.25) is 5.02 Å². The van der Waals surface area contributed by atoms with Gasteiger partial charge in [-0.2, -0.15) is 0 Å². The lowest BCUT2D eigenvalue weighted by atomic mass is 10.2. The van der Waals surface area contributed by atoms with Crippen LogP contribution in [-0.4, -0.2) is 15.0 Å². The monoisotopic (exact) mass is 224 g/mol. The minimum absolute atomic E-state index is 0.645. The Morgan fingerprint density at radius 3 is 2.64 bits per heavy atom. The molecule has 0 aliphatic rings. The second-order valence-corrected chi connectivity index (χ2v) is 2.63. The number of aromatic nitrogens is 1. The molecule has 76 valence electrons. The molecule has 0 fully saturated rings. The number of halogens is 3. The van der Waals surface area contributed by atoms with E-state index in [0.717, 1.165) is 0 Å². The molecule has 0 saturated heterocycles. The molecule has 1 rings (SSSR count). The Kier molecular flexibility index (Phi) is 2.80. The summed E-state index contributed by atoms with van der Waals surface area (Å²) in [7, 11) is 0. The molecular formula is C6H3ClF2N2O3. The number of rotatable bonds is 2. The molecule has 0 amide bonds. The van der Waals surface area contributed by atoms with Gasteiger partial charge in [0.1, 0.15) is 10.6 Å². The molecular weight excluding hydrogens is 222 g/mol. The molecule has 1 heterocycles. The molecule has 0 spiro atoms. The van der Waals surface area contributed by atoms with Gasteiger partial charge in [0.05, 0.1) is 0 Å². The van der Waals surface area contributed by atoms with Crippen LogP contribution in [0.25, 0.3) is 0 Å². The van der Waals surface area contributed by atoms with Gasteiger partial charge in [-0.25, -0.2) is 8.78 Å². The van der Waals surface area contributed by atoms with Gasteiger partial charge < -0.3 is 15.2 Å². The topological polar surface area (TPSA) is 76.3 Å². The molecule has 0 atom stereocenters. The van der Waals surface area contributed by atoms with Crippen molar-refractivity contribution >= 4 is 17.4 Å². The van der Waals surface area contributed by atoms with E-state index >= 15 is 0 Å². The van der Waals surface area contributed by atoms with Crippen LogP contribution in [0.15, 0.2) is 6.20 Å². The molecule has 0 aliphatic carbocycles. The first-order valence-electron chi connectivity index (χ1n) is 3.25. The molecule has 8 heteroatoms. The highest BCUT2D eigenvalue weighted by atomic mass is 35.5. The van der Waals surface area contributed by atoms with Crippen LogP contribution in [0.1, 0.15) is 12.0 Å². The van der Waals surface area contributed by atoms with Crippen LogP contribution < -0.4 is 0 Å². The molecule has 0 saturated carbocycles. The van der Waals surface area contributed by atoms with Crippen molar-refractivity contribution < 1.29 is 18.8 Å². The Balaban J connectivity index is 3.45. The SMILES string of the molecule is O=[N+]([O-])c1ncc(O)c(Cl)c1C(F)F. The maximum Gasteiger partial charge on any atom is 0.374 e. The maximum atomic E-state index is 12.3. The van der Waals surface area contributed by atoms with E-state index in [2.05, 4.69) is 4.98 Å². The molecule has 0 radical (unpaired) electrons. The van der Waals surface area contributed by atoms with Gasteiger partial charge in [-0.15, -0.1) is 0 Å². The van der Waals surface area contributed by atoms with Gasteiger partial charge in [0.15, 0.2) is 11.9 Å². The average molecular weight is 225 g/mol. The summed E-state index contributed by atoms with van der Waals surface area (Å²) >= 11 is 5.26. The molecule has 0 aliphatic heterocycles. The second kappa shape index (κ2) is 3.70. The van der Waals surface area contributed by atoms with Gasteiger partial charge in [0, 0.05) is 0 Å². The van der Waals surface area contributed by atoms with Crippen LogP contribution in [0.5, 0.6) is 5.75 Å². The van der Waals surface area contributed by atoms with E-state index in [0.29, 0.717) is 6.20 Å². The van der Waals surface area contributed by atoms with Crippen molar-refractivity contribution in [2.75, 3.05) is 0 Å². The number of nitrogens with zero attached hydrogens (tertiary/aromatic N) is 2. The van der Waals surface area contributed by atoms with Gasteiger partial charge in [0.2, 0.25) is 0 Å². The highest BCUT2D eigenvalue weighted by Gasteiger charge is 2.28. The summed E-state index contributed by atoms with van der Waals surface area (Å²) in [4.78, 5) is 12.2. The predicted octanol–water partition coefficient (Wildman–Crippen LogP) is 2.29. The number of hydrogen-bond donors (Lipinski definition) is 1. The Hall–Kier alpha value is -1.50. The first-order chi connectivity index (χ1) is 6.45. The largest absolute Gasteiger partial charge is 0.503 e. The zero-order chi connectivity index (χ0) is 10.9. The number of pyridine rings is 1. The standard InChI is InChI=1S/C6H3ClF2N2O3/c7-4-2(12)1-10-6(11(13)14)3(4)5(8)9/h1,5,12H. The fourth-order valence-corrected chi connectivity index (χ4v) is 1.04. The Morgan fingerprint density at radius 1 is 1.64 bits per heavy atom. The normalized spacial score (nSPS) is 10.6. The lowest BCUT2D eigenvalue weighted by molar-refractivity contribution is -0.391. The molecule has 0 bridgehead atoms. The van der Waals surface area contributed by atoms with Crippen molar-refractivity contribution in [1.29, 1.82) is 0 Å². The fraction of sp³-hybridized carbons (Fsp3) is 0.167. The third kappa shape index (κ3) is 1.72. The molecule has 1 N–H and O–H groups in total. The summed E-state index contributed by atoms with van der Waals surface area (Å²) in [6, 6.07) is 0. The third-order valence-corrected chi connectivity index (χ3v) is 1.80. The summed E-state index contributed by atoms with van der Waals surface area (Å²) in [5.74, 6) is -1.77. The van der Waals surface area contributed by atoms with Crippen molar-refractivity contribution in [2.45, 2.75) is 6.43 Å². The lowest BCUT2D eigenvalue weighted by Gasteiger charge is -2.03. The van der Waals surface area contributed by atoms with E-state index in [9.17, 15) is 18.9 Å². The smallest absolute Gasteiger partial charge is 0.374 e. The minimum Gasteiger partial charge on any atom is -0.503 e. The van der Waals surface area contributed by atoms with E-state index in [4.69, 9.17) is 16.7 Å². The number of aromatic hydroxyl groups is 1. The van der Waals surface area contributed by atoms with Crippen molar-refractivity contribution in [3.63, 3.8) is 0 Å². The second-order valence-electron chi connectivity index (χ2n) is 2.25. The van der Waals surface area contributed by atoms with E-state index < -0.39 is 33.5 Å². The van der Waals surface area contributed by atoms with Crippen molar-refractivity contribution in [3.8, 4) is 5.75 Å². The Labute approximate surface area is 81.1 Å². The zero-order valence-corrected chi connectivity index (χ0v) is 7.20. The Bertz CT molecular complexity index is 386. The number of hydrogen-bond acceptors (Lipinski definition) is 4. The van der Waals surface area contributed by atoms with Gasteiger partial charge in [0.25, 0.3) is 6.43 Å². The van der Waals surface area contributed by atoms with Gasteiger partial charge in [-0.1, -0.05) is 11.6 Å². The Morgan fingerprint density at radius 2 is 2.21 bits per heavy atom. The number of nitro groups is 1. The van der Waals surface area contributed by atoms with Crippen LogP contribution in [0, 0.1) is 10.1 Å². The minimum atomic E-state index is -3.16. The molecule has 0 aromatic carbocycles. The fourth-order valence-electron chi connectivity index (χ4n) is 0.824. The first-order valence-corrected chi connectivity index (χ1v) is 3.62. The third-order valence-electron chi connectivity index (χ3n) is 1.40. The summed E-state index contributed by atoms with van der Waals surface area (Å²) in [5.41, 5.74) is -1.07. The van der Waals surface area contributed by atoms with E-state index in [1.54, 1.807) is 0 Å². The average Bonchev–Trinajstić information content (AvgIpc) is 2.08. The van der Waals surface area contributed by atoms with E-state index in [1.165, 1.54) is 0 Å². The first kappa shape index (κ1) is 10.6. The van der Waals surface area contributed by atoms with Gasteiger partial charge in [-0.3, -0.25) is 0 Å². The van der Waals surface area contributed by atoms with Crippen LogP contribution >= 0.6 is 11.6 Å².